The zero-order valence-corrected chi connectivity index (χ0v) is 11.9. The Bertz CT molecular complexity index is 263. The number of hydrogen-bond acceptors (Lipinski definition) is 1. The number of amides is 1. The zero-order chi connectivity index (χ0) is 11.7. The van der Waals surface area contributed by atoms with Gasteiger partial charge in [-0.25, -0.2) is 0 Å². The standard InChI is InChI=1S/C13H22BrNO/c1-9(2)15(6-5-14)13(16)12-8-10-3-4-11(12)7-10/h9-12H,3-8H2,1-2H3. The minimum atomic E-state index is 0.337. The Labute approximate surface area is 107 Å². The van der Waals surface area contributed by atoms with Crippen molar-refractivity contribution < 1.29 is 4.79 Å². The van der Waals surface area contributed by atoms with Crippen molar-refractivity contribution in [3.8, 4) is 0 Å². The topological polar surface area (TPSA) is 20.3 Å². The Morgan fingerprint density at radius 3 is 2.56 bits per heavy atom. The van der Waals surface area contributed by atoms with Crippen molar-refractivity contribution >= 4 is 21.8 Å². The van der Waals surface area contributed by atoms with Crippen LogP contribution in [0.5, 0.6) is 0 Å². The number of halogens is 1. The summed E-state index contributed by atoms with van der Waals surface area (Å²) in [6, 6.07) is 0.337. The van der Waals surface area contributed by atoms with Crippen LogP contribution in [-0.2, 0) is 4.79 Å². The molecule has 2 aliphatic carbocycles. The minimum Gasteiger partial charge on any atom is -0.339 e. The van der Waals surface area contributed by atoms with Gasteiger partial charge in [0.1, 0.15) is 0 Å². The summed E-state index contributed by atoms with van der Waals surface area (Å²) < 4.78 is 0. The maximum atomic E-state index is 12.5. The maximum absolute atomic E-state index is 12.5. The molecule has 0 aromatic carbocycles. The summed E-state index contributed by atoms with van der Waals surface area (Å²) in [5.41, 5.74) is 0. The second-order valence-electron chi connectivity index (χ2n) is 5.60. The van der Waals surface area contributed by atoms with Gasteiger partial charge in [0.05, 0.1) is 0 Å². The highest BCUT2D eigenvalue weighted by Crippen LogP contribution is 2.48. The zero-order valence-electron chi connectivity index (χ0n) is 10.3. The fraction of sp³-hybridized carbons (Fsp3) is 0.923. The van der Waals surface area contributed by atoms with Crippen LogP contribution < -0.4 is 0 Å². The molecule has 2 saturated carbocycles. The second kappa shape index (κ2) is 5.07. The van der Waals surface area contributed by atoms with Gasteiger partial charge in [-0.2, -0.15) is 0 Å². The molecule has 0 spiro atoms. The first-order valence-electron chi connectivity index (χ1n) is 6.50. The SMILES string of the molecule is CC(C)N(CCBr)C(=O)C1CC2CCC1C2. The van der Waals surface area contributed by atoms with Gasteiger partial charge in [0.25, 0.3) is 0 Å². The first-order chi connectivity index (χ1) is 7.63. The summed E-state index contributed by atoms with van der Waals surface area (Å²) in [5, 5.41) is 0.887. The van der Waals surface area contributed by atoms with Gasteiger partial charge in [-0.05, 0) is 44.9 Å². The second-order valence-corrected chi connectivity index (χ2v) is 6.39. The molecule has 2 nitrogen and oxygen atoms in total. The summed E-state index contributed by atoms with van der Waals surface area (Å²) in [4.78, 5) is 14.5. The number of rotatable bonds is 4. The normalized spacial score (nSPS) is 32.4. The highest BCUT2D eigenvalue weighted by molar-refractivity contribution is 9.09. The summed E-state index contributed by atoms with van der Waals surface area (Å²) in [6.45, 7) is 5.09. The van der Waals surface area contributed by atoms with Crippen molar-refractivity contribution in [2.45, 2.75) is 45.6 Å². The number of carbonyl (C=O) groups excluding carboxylic acids is 1. The summed E-state index contributed by atoms with van der Waals surface area (Å²) >= 11 is 3.44. The van der Waals surface area contributed by atoms with Crippen molar-refractivity contribution in [1.29, 1.82) is 0 Å². The number of hydrogen-bond donors (Lipinski definition) is 0. The predicted octanol–water partition coefficient (Wildman–Crippen LogP) is 3.05. The van der Waals surface area contributed by atoms with Crippen molar-refractivity contribution in [3.63, 3.8) is 0 Å². The Hall–Kier alpha value is -0.0500. The minimum absolute atomic E-state index is 0.337. The number of fused-ring (bicyclic) bond motifs is 2. The van der Waals surface area contributed by atoms with Gasteiger partial charge in [-0.3, -0.25) is 4.79 Å². The Morgan fingerprint density at radius 1 is 1.38 bits per heavy atom. The molecule has 0 aromatic heterocycles. The van der Waals surface area contributed by atoms with Crippen LogP contribution >= 0.6 is 15.9 Å². The molecule has 2 aliphatic rings. The Balaban J connectivity index is 2.00. The van der Waals surface area contributed by atoms with Gasteiger partial charge in [-0.15, -0.1) is 0 Å². The molecule has 92 valence electrons. The lowest BCUT2D eigenvalue weighted by Crippen LogP contribution is -2.43. The van der Waals surface area contributed by atoms with Crippen molar-refractivity contribution in [1.82, 2.24) is 4.90 Å². The number of nitrogens with zero attached hydrogens (tertiary/aromatic N) is 1. The molecule has 3 atom stereocenters. The fourth-order valence-corrected chi connectivity index (χ4v) is 3.86. The van der Waals surface area contributed by atoms with E-state index in [1.165, 1.54) is 19.3 Å². The highest BCUT2D eigenvalue weighted by atomic mass is 79.9. The molecule has 3 unspecified atom stereocenters. The quantitative estimate of drug-likeness (QED) is 0.728. The van der Waals surface area contributed by atoms with Crippen molar-refractivity contribution in [2.75, 3.05) is 11.9 Å². The van der Waals surface area contributed by atoms with Crippen LogP contribution in [0, 0.1) is 17.8 Å². The van der Waals surface area contributed by atoms with Gasteiger partial charge >= 0.3 is 0 Å². The molecule has 16 heavy (non-hydrogen) atoms. The van der Waals surface area contributed by atoms with E-state index in [9.17, 15) is 4.79 Å². The Morgan fingerprint density at radius 2 is 2.12 bits per heavy atom. The van der Waals surface area contributed by atoms with E-state index in [1.807, 2.05) is 0 Å². The first kappa shape index (κ1) is 12.4. The molecule has 1 amide bonds. The molecule has 0 aromatic rings. The van der Waals surface area contributed by atoms with Crippen LogP contribution in [0.1, 0.15) is 39.5 Å². The van der Waals surface area contributed by atoms with E-state index in [2.05, 4.69) is 34.7 Å². The van der Waals surface area contributed by atoms with Crippen LogP contribution in [0.25, 0.3) is 0 Å². The molecule has 0 heterocycles. The van der Waals surface area contributed by atoms with E-state index in [0.29, 0.717) is 23.8 Å². The van der Waals surface area contributed by atoms with Crippen LogP contribution in [0.2, 0.25) is 0 Å². The van der Waals surface area contributed by atoms with Crippen LogP contribution in [0.3, 0.4) is 0 Å². The fourth-order valence-electron chi connectivity index (χ4n) is 3.47. The van der Waals surface area contributed by atoms with Gasteiger partial charge in [0.2, 0.25) is 5.91 Å². The lowest BCUT2D eigenvalue weighted by atomic mass is 9.87. The maximum Gasteiger partial charge on any atom is 0.226 e. The molecule has 3 heteroatoms. The van der Waals surface area contributed by atoms with E-state index in [1.54, 1.807) is 0 Å². The predicted molar refractivity (Wildman–Crippen MR) is 69.6 cm³/mol. The molecule has 0 N–H and O–H groups in total. The van der Waals surface area contributed by atoms with Gasteiger partial charge in [0, 0.05) is 23.8 Å². The lowest BCUT2D eigenvalue weighted by molar-refractivity contribution is -0.138. The molecular weight excluding hydrogens is 266 g/mol. The molecule has 2 bridgehead atoms. The molecule has 2 rings (SSSR count). The number of carbonyl (C=O) groups is 1. The third-order valence-corrected chi connectivity index (χ3v) is 4.64. The van der Waals surface area contributed by atoms with Gasteiger partial charge in [-0.1, -0.05) is 22.4 Å². The highest BCUT2D eigenvalue weighted by Gasteiger charge is 2.44. The Kier molecular flexibility index (Phi) is 3.93. The molecule has 2 fully saturated rings. The average Bonchev–Trinajstić information content (AvgIpc) is 2.86. The van der Waals surface area contributed by atoms with Crippen LogP contribution in [0.15, 0.2) is 0 Å². The van der Waals surface area contributed by atoms with Crippen LogP contribution in [0.4, 0.5) is 0 Å². The third kappa shape index (κ3) is 2.29. The summed E-state index contributed by atoms with van der Waals surface area (Å²) in [5.74, 6) is 2.33. The largest absolute Gasteiger partial charge is 0.339 e. The van der Waals surface area contributed by atoms with E-state index >= 15 is 0 Å². The number of alkyl halides is 1. The molecule has 0 radical (unpaired) electrons. The van der Waals surface area contributed by atoms with E-state index in [4.69, 9.17) is 0 Å². The van der Waals surface area contributed by atoms with Crippen molar-refractivity contribution in [3.05, 3.63) is 0 Å². The first-order valence-corrected chi connectivity index (χ1v) is 7.62. The summed E-state index contributed by atoms with van der Waals surface area (Å²) in [7, 11) is 0. The monoisotopic (exact) mass is 287 g/mol. The third-order valence-electron chi connectivity index (χ3n) is 4.29. The van der Waals surface area contributed by atoms with Crippen molar-refractivity contribution in [2.24, 2.45) is 17.8 Å². The van der Waals surface area contributed by atoms with E-state index in [0.717, 1.165) is 24.2 Å². The molecule has 0 saturated heterocycles. The van der Waals surface area contributed by atoms with Gasteiger partial charge in [0.15, 0.2) is 0 Å². The van der Waals surface area contributed by atoms with E-state index in [-0.39, 0.29) is 0 Å². The van der Waals surface area contributed by atoms with Gasteiger partial charge < -0.3 is 4.90 Å². The molecular formula is C13H22BrNO. The average molecular weight is 288 g/mol. The van der Waals surface area contributed by atoms with Crippen LogP contribution in [-0.4, -0.2) is 28.7 Å². The summed E-state index contributed by atoms with van der Waals surface area (Å²) in [6.07, 6.45) is 5.14. The lowest BCUT2D eigenvalue weighted by Gasteiger charge is -2.32. The smallest absolute Gasteiger partial charge is 0.226 e. The van der Waals surface area contributed by atoms with E-state index < -0.39 is 0 Å². The molecule has 0 aliphatic heterocycles.